The van der Waals surface area contributed by atoms with Gasteiger partial charge in [0, 0.05) is 25.6 Å². The van der Waals surface area contributed by atoms with Gasteiger partial charge in [-0.2, -0.15) is 0 Å². The summed E-state index contributed by atoms with van der Waals surface area (Å²) < 4.78 is 11.0. The van der Waals surface area contributed by atoms with Crippen LogP contribution in [0.15, 0.2) is 24.3 Å². The van der Waals surface area contributed by atoms with Crippen molar-refractivity contribution in [1.29, 1.82) is 0 Å². The SMILES string of the molecule is COC[C@@H]1CN(C(=O)N[C@@H]2[C@@H]3CCc4ccccc4[C@@H]32)C[C@H](C)O1. The number of rotatable bonds is 3. The van der Waals surface area contributed by atoms with E-state index in [1.165, 1.54) is 17.5 Å². The van der Waals surface area contributed by atoms with Crippen molar-refractivity contribution in [2.75, 3.05) is 26.8 Å². The summed E-state index contributed by atoms with van der Waals surface area (Å²) in [7, 11) is 1.67. The summed E-state index contributed by atoms with van der Waals surface area (Å²) in [5.74, 6) is 1.12. The number of morpholine rings is 1. The molecule has 2 amide bonds. The van der Waals surface area contributed by atoms with Crippen LogP contribution in [0, 0.1) is 5.92 Å². The van der Waals surface area contributed by atoms with E-state index in [1.807, 2.05) is 11.8 Å². The van der Waals surface area contributed by atoms with Crippen LogP contribution < -0.4 is 5.32 Å². The third kappa shape index (κ3) is 2.91. The summed E-state index contributed by atoms with van der Waals surface area (Å²) >= 11 is 0. The van der Waals surface area contributed by atoms with Gasteiger partial charge < -0.3 is 19.7 Å². The van der Waals surface area contributed by atoms with E-state index in [-0.39, 0.29) is 18.2 Å². The molecule has 130 valence electrons. The number of carbonyl (C=O) groups is 1. The van der Waals surface area contributed by atoms with Gasteiger partial charge in [-0.25, -0.2) is 4.79 Å². The van der Waals surface area contributed by atoms with E-state index in [9.17, 15) is 4.79 Å². The molecule has 0 radical (unpaired) electrons. The zero-order valence-corrected chi connectivity index (χ0v) is 14.4. The number of nitrogens with one attached hydrogen (secondary N) is 1. The van der Waals surface area contributed by atoms with Gasteiger partial charge in [0.2, 0.25) is 0 Å². The number of carbonyl (C=O) groups excluding carboxylic acids is 1. The summed E-state index contributed by atoms with van der Waals surface area (Å²) in [6.45, 7) is 3.78. The van der Waals surface area contributed by atoms with Gasteiger partial charge in [-0.3, -0.25) is 0 Å². The summed E-state index contributed by atoms with van der Waals surface area (Å²) in [4.78, 5) is 14.6. The van der Waals surface area contributed by atoms with Gasteiger partial charge in [-0.15, -0.1) is 0 Å². The summed E-state index contributed by atoms with van der Waals surface area (Å²) in [6.07, 6.45) is 2.32. The van der Waals surface area contributed by atoms with E-state index in [2.05, 4.69) is 29.6 Å². The van der Waals surface area contributed by atoms with Crippen LogP contribution in [-0.2, 0) is 15.9 Å². The van der Waals surface area contributed by atoms with E-state index in [1.54, 1.807) is 7.11 Å². The number of benzene rings is 1. The molecule has 1 saturated heterocycles. The second-order valence-electron chi connectivity index (χ2n) is 7.33. The lowest BCUT2D eigenvalue weighted by molar-refractivity contribution is -0.0897. The van der Waals surface area contributed by atoms with Crippen molar-refractivity contribution in [3.05, 3.63) is 35.4 Å². The second kappa shape index (κ2) is 6.37. The number of aryl methyl sites for hydroxylation is 1. The Labute approximate surface area is 143 Å². The topological polar surface area (TPSA) is 50.8 Å². The Bertz CT molecular complexity index is 620. The van der Waals surface area contributed by atoms with Gasteiger partial charge in [-0.05, 0) is 36.8 Å². The molecular formula is C19H26N2O3. The van der Waals surface area contributed by atoms with Gasteiger partial charge in [0.15, 0.2) is 0 Å². The molecule has 0 bridgehead atoms. The largest absolute Gasteiger partial charge is 0.382 e. The zero-order valence-electron chi connectivity index (χ0n) is 14.4. The minimum Gasteiger partial charge on any atom is -0.382 e. The molecule has 0 spiro atoms. The minimum atomic E-state index is -0.0355. The molecule has 5 nitrogen and oxygen atoms in total. The highest BCUT2D eigenvalue weighted by atomic mass is 16.5. The summed E-state index contributed by atoms with van der Waals surface area (Å²) in [5, 5.41) is 3.28. The first-order chi connectivity index (χ1) is 11.7. The highest BCUT2D eigenvalue weighted by molar-refractivity contribution is 5.75. The standard InChI is InChI=1S/C19H26N2O3/c1-12-9-21(10-14(24-12)11-23-2)19(22)20-18-16-8-7-13-5-3-4-6-15(13)17(16)18/h3-6,12,14,16-18H,7-11H2,1-2H3,(H,20,22)/t12-,14-,16+,17-,18+/m0/s1. The molecule has 1 N–H and O–H groups in total. The lowest BCUT2D eigenvalue weighted by Gasteiger charge is -2.36. The Morgan fingerprint density at radius 2 is 2.21 bits per heavy atom. The van der Waals surface area contributed by atoms with Crippen molar-refractivity contribution in [1.82, 2.24) is 10.2 Å². The van der Waals surface area contributed by atoms with E-state index in [0.717, 1.165) is 6.42 Å². The van der Waals surface area contributed by atoms with E-state index in [0.29, 0.717) is 37.6 Å². The number of methoxy groups -OCH3 is 1. The maximum absolute atomic E-state index is 12.7. The van der Waals surface area contributed by atoms with Gasteiger partial charge >= 0.3 is 6.03 Å². The molecule has 1 aliphatic heterocycles. The Morgan fingerprint density at radius 3 is 3.04 bits per heavy atom. The number of fused-ring (bicyclic) bond motifs is 3. The molecule has 24 heavy (non-hydrogen) atoms. The van der Waals surface area contributed by atoms with Gasteiger partial charge in [0.25, 0.3) is 0 Å². The average Bonchev–Trinajstić information content (AvgIpc) is 3.28. The number of hydrogen-bond acceptors (Lipinski definition) is 3. The van der Waals surface area contributed by atoms with E-state index >= 15 is 0 Å². The molecule has 1 heterocycles. The van der Waals surface area contributed by atoms with E-state index < -0.39 is 0 Å². The molecule has 5 heteroatoms. The van der Waals surface area contributed by atoms with Crippen LogP contribution in [0.25, 0.3) is 0 Å². The Morgan fingerprint density at radius 1 is 1.38 bits per heavy atom. The van der Waals surface area contributed by atoms with Crippen molar-refractivity contribution >= 4 is 6.03 Å². The first-order valence-electron chi connectivity index (χ1n) is 8.95. The summed E-state index contributed by atoms with van der Waals surface area (Å²) in [6, 6.07) is 9.01. The second-order valence-corrected chi connectivity index (χ2v) is 7.33. The monoisotopic (exact) mass is 330 g/mol. The molecular weight excluding hydrogens is 304 g/mol. The van der Waals surface area contributed by atoms with Gasteiger partial charge in [0.1, 0.15) is 0 Å². The van der Waals surface area contributed by atoms with Crippen molar-refractivity contribution < 1.29 is 14.3 Å². The summed E-state index contributed by atoms with van der Waals surface area (Å²) in [5.41, 5.74) is 2.89. The quantitative estimate of drug-likeness (QED) is 0.924. The fourth-order valence-corrected chi connectivity index (χ4v) is 4.49. The van der Waals surface area contributed by atoms with Crippen LogP contribution >= 0.6 is 0 Å². The Balaban J connectivity index is 1.39. The molecule has 2 aliphatic carbocycles. The minimum absolute atomic E-state index is 0.0355. The number of hydrogen-bond donors (Lipinski definition) is 1. The number of amides is 2. The zero-order chi connectivity index (χ0) is 16.7. The molecule has 1 aromatic carbocycles. The maximum atomic E-state index is 12.7. The fourth-order valence-electron chi connectivity index (χ4n) is 4.49. The molecule has 3 aliphatic rings. The average molecular weight is 330 g/mol. The first kappa shape index (κ1) is 15.9. The highest BCUT2D eigenvalue weighted by Gasteiger charge is 2.54. The molecule has 5 atom stereocenters. The van der Waals surface area contributed by atoms with Crippen LogP contribution in [0.4, 0.5) is 4.79 Å². The number of urea groups is 1. The van der Waals surface area contributed by atoms with Crippen molar-refractivity contribution in [2.45, 2.75) is 43.9 Å². The van der Waals surface area contributed by atoms with Crippen molar-refractivity contribution in [3.8, 4) is 0 Å². The number of nitrogens with zero attached hydrogens (tertiary/aromatic N) is 1. The Hall–Kier alpha value is -1.59. The molecule has 2 fully saturated rings. The van der Waals surface area contributed by atoms with Gasteiger partial charge in [0.05, 0.1) is 25.4 Å². The van der Waals surface area contributed by atoms with E-state index in [4.69, 9.17) is 9.47 Å². The molecule has 0 aromatic heterocycles. The van der Waals surface area contributed by atoms with Crippen LogP contribution in [0.1, 0.15) is 30.4 Å². The Kier molecular flexibility index (Phi) is 4.22. The van der Waals surface area contributed by atoms with Crippen LogP contribution in [0.3, 0.4) is 0 Å². The van der Waals surface area contributed by atoms with Crippen LogP contribution in [0.5, 0.6) is 0 Å². The smallest absolute Gasteiger partial charge is 0.317 e. The lowest BCUT2D eigenvalue weighted by atomic mass is 9.92. The van der Waals surface area contributed by atoms with Crippen molar-refractivity contribution in [3.63, 3.8) is 0 Å². The predicted molar refractivity (Wildman–Crippen MR) is 91.1 cm³/mol. The highest BCUT2D eigenvalue weighted by Crippen LogP contribution is 2.54. The third-order valence-electron chi connectivity index (χ3n) is 5.59. The molecule has 0 unspecified atom stereocenters. The third-order valence-corrected chi connectivity index (χ3v) is 5.59. The number of ether oxygens (including phenoxy) is 2. The van der Waals surface area contributed by atoms with Crippen LogP contribution in [-0.4, -0.2) is 56.0 Å². The normalized spacial score (nSPS) is 34.2. The van der Waals surface area contributed by atoms with Crippen LogP contribution in [0.2, 0.25) is 0 Å². The molecule has 4 rings (SSSR count). The molecule has 1 aromatic rings. The first-order valence-corrected chi connectivity index (χ1v) is 8.95. The van der Waals surface area contributed by atoms with Crippen molar-refractivity contribution in [2.24, 2.45) is 5.92 Å². The van der Waals surface area contributed by atoms with Gasteiger partial charge in [-0.1, -0.05) is 24.3 Å². The molecule has 1 saturated carbocycles. The predicted octanol–water partition coefficient (Wildman–Crippen LogP) is 2.16. The maximum Gasteiger partial charge on any atom is 0.317 e. The lowest BCUT2D eigenvalue weighted by Crippen LogP contribution is -2.54. The fraction of sp³-hybridized carbons (Fsp3) is 0.632.